The van der Waals surface area contributed by atoms with Crippen LogP contribution >= 0.6 is 35.8 Å². The van der Waals surface area contributed by atoms with Crippen LogP contribution in [0.3, 0.4) is 0 Å². The number of aromatic nitrogens is 4. The Kier molecular flexibility index (Phi) is 9.37. The van der Waals surface area contributed by atoms with Crippen molar-refractivity contribution in [3.63, 3.8) is 0 Å². The maximum absolute atomic E-state index is 6.03. The standard InChI is InChI=1S/C23H22ClN5OS.ClH/c24-20-12-10-18(11-13-20)17-30-22-9-5-4-6-19(22)16-25-14-15-31-23-26-27-28-29(23)21-7-2-1-3-8-21;/h1-13,25H,14-17H2;1H. The Morgan fingerprint density at radius 2 is 1.69 bits per heavy atom. The third-order valence-electron chi connectivity index (χ3n) is 4.55. The van der Waals surface area contributed by atoms with Gasteiger partial charge in [-0.15, -0.1) is 17.5 Å². The summed E-state index contributed by atoms with van der Waals surface area (Å²) in [5.41, 5.74) is 3.16. The van der Waals surface area contributed by atoms with E-state index in [-0.39, 0.29) is 12.4 Å². The van der Waals surface area contributed by atoms with Gasteiger partial charge in [-0.2, -0.15) is 4.68 Å². The molecular formula is C23H23Cl2N5OS. The van der Waals surface area contributed by atoms with Gasteiger partial charge in [-0.05, 0) is 46.3 Å². The van der Waals surface area contributed by atoms with Crippen LogP contribution in [0.25, 0.3) is 5.69 Å². The predicted molar refractivity (Wildman–Crippen MR) is 131 cm³/mol. The number of tetrazole rings is 1. The SMILES string of the molecule is Cl.Clc1ccc(COc2ccccc2CNCCSc2nnnn2-c2ccccc2)cc1. The van der Waals surface area contributed by atoms with E-state index >= 15 is 0 Å². The molecule has 4 aromatic rings. The molecule has 0 aliphatic heterocycles. The van der Waals surface area contributed by atoms with Crippen LogP contribution in [0.5, 0.6) is 5.75 Å². The number of hydrogen-bond acceptors (Lipinski definition) is 6. The number of para-hydroxylation sites is 2. The van der Waals surface area contributed by atoms with E-state index < -0.39 is 0 Å². The van der Waals surface area contributed by atoms with Crippen molar-refractivity contribution in [1.82, 2.24) is 25.5 Å². The van der Waals surface area contributed by atoms with Crippen LogP contribution in [0.2, 0.25) is 5.02 Å². The Labute approximate surface area is 202 Å². The average molecular weight is 488 g/mol. The van der Waals surface area contributed by atoms with Gasteiger partial charge in [0.2, 0.25) is 5.16 Å². The highest BCUT2D eigenvalue weighted by molar-refractivity contribution is 7.99. The summed E-state index contributed by atoms with van der Waals surface area (Å²) in [6.45, 7) is 2.05. The Hall–Kier alpha value is -2.58. The monoisotopic (exact) mass is 487 g/mol. The van der Waals surface area contributed by atoms with Crippen LogP contribution in [0.15, 0.2) is 84.0 Å². The molecule has 32 heavy (non-hydrogen) atoms. The third kappa shape index (κ3) is 6.71. The van der Waals surface area contributed by atoms with E-state index in [1.807, 2.05) is 72.8 Å². The second-order valence-corrected chi connectivity index (χ2v) is 8.26. The number of hydrogen-bond donors (Lipinski definition) is 1. The van der Waals surface area contributed by atoms with E-state index in [4.69, 9.17) is 16.3 Å². The minimum atomic E-state index is 0. The molecule has 0 unspecified atom stereocenters. The molecule has 4 rings (SSSR count). The third-order valence-corrected chi connectivity index (χ3v) is 5.72. The lowest BCUT2D eigenvalue weighted by atomic mass is 10.2. The summed E-state index contributed by atoms with van der Waals surface area (Å²) in [4.78, 5) is 0. The fourth-order valence-corrected chi connectivity index (χ4v) is 3.88. The molecule has 1 N–H and O–H groups in total. The highest BCUT2D eigenvalue weighted by atomic mass is 35.5. The van der Waals surface area contributed by atoms with Crippen molar-refractivity contribution in [2.75, 3.05) is 12.3 Å². The number of benzene rings is 3. The van der Waals surface area contributed by atoms with E-state index in [0.717, 1.165) is 51.6 Å². The first kappa shape index (κ1) is 24.1. The number of nitrogens with one attached hydrogen (secondary N) is 1. The van der Waals surface area contributed by atoms with Gasteiger partial charge in [0.05, 0.1) is 5.69 Å². The fourth-order valence-electron chi connectivity index (χ4n) is 2.97. The van der Waals surface area contributed by atoms with Crippen molar-refractivity contribution >= 4 is 35.8 Å². The molecule has 1 aromatic heterocycles. The van der Waals surface area contributed by atoms with E-state index in [1.54, 1.807) is 16.4 Å². The predicted octanol–water partition coefficient (Wildman–Crippen LogP) is 5.20. The van der Waals surface area contributed by atoms with Crippen LogP contribution in [-0.2, 0) is 13.2 Å². The molecule has 0 spiro atoms. The number of rotatable bonds is 10. The van der Waals surface area contributed by atoms with Gasteiger partial charge in [0, 0.05) is 29.4 Å². The lowest BCUT2D eigenvalue weighted by Crippen LogP contribution is -2.17. The van der Waals surface area contributed by atoms with Crippen molar-refractivity contribution < 1.29 is 4.74 Å². The fraction of sp³-hybridized carbons (Fsp3) is 0.174. The molecule has 0 saturated carbocycles. The highest BCUT2D eigenvalue weighted by Gasteiger charge is 2.08. The molecule has 3 aromatic carbocycles. The van der Waals surface area contributed by atoms with Gasteiger partial charge in [0.15, 0.2) is 0 Å². The topological polar surface area (TPSA) is 64.9 Å². The summed E-state index contributed by atoms with van der Waals surface area (Å²) in [5, 5.41) is 17.0. The molecule has 0 saturated heterocycles. The molecule has 0 amide bonds. The first-order valence-electron chi connectivity index (χ1n) is 9.92. The number of halogens is 2. The summed E-state index contributed by atoms with van der Waals surface area (Å²) in [5.74, 6) is 1.73. The molecular weight excluding hydrogens is 465 g/mol. The van der Waals surface area contributed by atoms with Gasteiger partial charge in [-0.1, -0.05) is 71.9 Å². The molecule has 0 fully saturated rings. The van der Waals surface area contributed by atoms with Gasteiger partial charge < -0.3 is 10.1 Å². The number of ether oxygens (including phenoxy) is 1. The lowest BCUT2D eigenvalue weighted by Gasteiger charge is -2.12. The van der Waals surface area contributed by atoms with Crippen LogP contribution < -0.4 is 10.1 Å². The Morgan fingerprint density at radius 3 is 2.50 bits per heavy atom. The zero-order valence-electron chi connectivity index (χ0n) is 17.2. The largest absolute Gasteiger partial charge is 0.489 e. The molecule has 0 radical (unpaired) electrons. The average Bonchev–Trinajstić information content (AvgIpc) is 3.28. The number of nitrogens with zero attached hydrogens (tertiary/aromatic N) is 4. The number of thioether (sulfide) groups is 1. The first-order chi connectivity index (χ1) is 15.3. The van der Waals surface area contributed by atoms with Crippen LogP contribution in [-0.4, -0.2) is 32.5 Å². The molecule has 0 atom stereocenters. The molecule has 1 heterocycles. The van der Waals surface area contributed by atoms with Gasteiger partial charge >= 0.3 is 0 Å². The Balaban J connectivity index is 0.00000289. The van der Waals surface area contributed by atoms with E-state index in [1.165, 1.54) is 0 Å². The summed E-state index contributed by atoms with van der Waals surface area (Å²) >= 11 is 7.57. The van der Waals surface area contributed by atoms with Crippen molar-refractivity contribution in [3.05, 3.63) is 95.0 Å². The minimum absolute atomic E-state index is 0. The Bertz CT molecular complexity index is 1090. The van der Waals surface area contributed by atoms with Crippen LogP contribution in [0.1, 0.15) is 11.1 Å². The normalized spacial score (nSPS) is 10.5. The second kappa shape index (κ2) is 12.5. The van der Waals surface area contributed by atoms with Crippen molar-refractivity contribution in [3.8, 4) is 11.4 Å². The van der Waals surface area contributed by atoms with E-state index in [0.29, 0.717) is 6.61 Å². The Morgan fingerprint density at radius 1 is 0.938 bits per heavy atom. The van der Waals surface area contributed by atoms with E-state index in [2.05, 4.69) is 26.9 Å². The molecule has 0 aliphatic carbocycles. The van der Waals surface area contributed by atoms with Crippen molar-refractivity contribution in [2.24, 2.45) is 0 Å². The molecule has 166 valence electrons. The van der Waals surface area contributed by atoms with Crippen molar-refractivity contribution in [2.45, 2.75) is 18.3 Å². The maximum atomic E-state index is 6.03. The molecule has 9 heteroatoms. The maximum Gasteiger partial charge on any atom is 0.214 e. The summed E-state index contributed by atoms with van der Waals surface area (Å²) in [6.07, 6.45) is 0. The molecule has 6 nitrogen and oxygen atoms in total. The van der Waals surface area contributed by atoms with Crippen LogP contribution in [0.4, 0.5) is 0 Å². The van der Waals surface area contributed by atoms with E-state index in [9.17, 15) is 0 Å². The van der Waals surface area contributed by atoms with Gasteiger partial charge in [0.25, 0.3) is 0 Å². The summed E-state index contributed by atoms with van der Waals surface area (Å²) < 4.78 is 7.78. The zero-order valence-corrected chi connectivity index (χ0v) is 19.6. The second-order valence-electron chi connectivity index (χ2n) is 6.76. The van der Waals surface area contributed by atoms with Crippen LogP contribution in [0, 0.1) is 0 Å². The quantitative estimate of drug-likeness (QED) is 0.245. The zero-order chi connectivity index (χ0) is 21.3. The van der Waals surface area contributed by atoms with Gasteiger partial charge in [-0.25, -0.2) is 0 Å². The summed E-state index contributed by atoms with van der Waals surface area (Å²) in [6, 6.07) is 25.7. The van der Waals surface area contributed by atoms with Gasteiger partial charge in [-0.3, -0.25) is 0 Å². The summed E-state index contributed by atoms with van der Waals surface area (Å²) in [7, 11) is 0. The lowest BCUT2D eigenvalue weighted by molar-refractivity contribution is 0.302. The smallest absolute Gasteiger partial charge is 0.214 e. The molecule has 0 bridgehead atoms. The van der Waals surface area contributed by atoms with Gasteiger partial charge in [0.1, 0.15) is 12.4 Å². The van der Waals surface area contributed by atoms with Crippen molar-refractivity contribution in [1.29, 1.82) is 0 Å². The minimum Gasteiger partial charge on any atom is -0.489 e. The first-order valence-corrected chi connectivity index (χ1v) is 11.3. The molecule has 0 aliphatic rings. The highest BCUT2D eigenvalue weighted by Crippen LogP contribution is 2.21.